The summed E-state index contributed by atoms with van der Waals surface area (Å²) in [6, 6.07) is 13.4. The predicted octanol–water partition coefficient (Wildman–Crippen LogP) is 5.57. The Morgan fingerprint density at radius 2 is 1.42 bits per heavy atom. The van der Waals surface area contributed by atoms with Crippen LogP contribution in [-0.4, -0.2) is 23.1 Å². The first-order valence-corrected chi connectivity index (χ1v) is 14.6. The Kier molecular flexibility index (Phi) is 6.89. The van der Waals surface area contributed by atoms with Gasteiger partial charge in [0.2, 0.25) is 0 Å². The number of nitrogens with zero attached hydrogens (tertiary/aromatic N) is 2. The van der Waals surface area contributed by atoms with E-state index in [0.29, 0.717) is 0 Å². The maximum atomic E-state index is 4.93. The van der Waals surface area contributed by atoms with Crippen LogP contribution in [0.2, 0.25) is 0 Å². The van der Waals surface area contributed by atoms with Crippen molar-refractivity contribution in [1.82, 2.24) is 20.6 Å². The Labute approximate surface area is 221 Å². The van der Waals surface area contributed by atoms with Gasteiger partial charge in [-0.3, -0.25) is 0 Å². The molecular weight excluding hydrogens is 482 g/mol. The third-order valence-electron chi connectivity index (χ3n) is 7.40. The molecule has 0 fully saturated rings. The zero-order valence-electron chi connectivity index (χ0n) is 21.0. The number of anilines is 1. The fourth-order valence-electron chi connectivity index (χ4n) is 5.32. The molecule has 2 aromatic heterocycles. The first kappa shape index (κ1) is 23.8. The van der Waals surface area contributed by atoms with E-state index in [-0.39, 0.29) is 0 Å². The van der Waals surface area contributed by atoms with Crippen molar-refractivity contribution in [2.75, 3.05) is 18.4 Å². The molecule has 36 heavy (non-hydrogen) atoms. The standard InChI is InChI=1S/C29H33N5S2/c1-18-20(9-10-28-33-24-11-13-30-15-26(24)35-28)5-3-6-21(18)22-7-4-8-23(19(22)2)32-17-29-34-25-12-14-31-16-27(25)36-29/h3-8,30-32H,9-17H2,1-2H3. The molecule has 0 radical (unpaired) electrons. The van der Waals surface area contributed by atoms with Crippen LogP contribution in [0.15, 0.2) is 36.4 Å². The van der Waals surface area contributed by atoms with Crippen molar-refractivity contribution >= 4 is 28.4 Å². The van der Waals surface area contributed by atoms with E-state index in [1.54, 1.807) is 0 Å². The quantitative estimate of drug-likeness (QED) is 0.300. The average Bonchev–Trinajstić information content (AvgIpc) is 3.51. The van der Waals surface area contributed by atoms with Crippen LogP contribution in [0, 0.1) is 13.8 Å². The molecule has 2 aromatic carbocycles. The Bertz CT molecular complexity index is 1230. The van der Waals surface area contributed by atoms with E-state index in [1.807, 2.05) is 22.7 Å². The van der Waals surface area contributed by atoms with E-state index in [4.69, 9.17) is 9.97 Å². The van der Waals surface area contributed by atoms with Crippen molar-refractivity contribution in [3.8, 4) is 11.1 Å². The van der Waals surface area contributed by atoms with Gasteiger partial charge in [-0.1, -0.05) is 30.3 Å². The van der Waals surface area contributed by atoms with Gasteiger partial charge in [-0.05, 0) is 54.2 Å². The molecule has 0 aliphatic carbocycles. The van der Waals surface area contributed by atoms with E-state index < -0.39 is 0 Å². The fraction of sp³-hybridized carbons (Fsp3) is 0.379. The molecule has 0 unspecified atom stereocenters. The minimum absolute atomic E-state index is 0.772. The summed E-state index contributed by atoms with van der Waals surface area (Å²) >= 11 is 3.72. The maximum absolute atomic E-state index is 4.93. The summed E-state index contributed by atoms with van der Waals surface area (Å²) in [6.45, 7) is 9.30. The number of fused-ring (bicyclic) bond motifs is 2. The van der Waals surface area contributed by atoms with E-state index in [0.717, 1.165) is 58.4 Å². The van der Waals surface area contributed by atoms with Crippen LogP contribution in [0.3, 0.4) is 0 Å². The second-order valence-electron chi connectivity index (χ2n) is 9.73. The zero-order valence-corrected chi connectivity index (χ0v) is 22.7. The highest BCUT2D eigenvalue weighted by Crippen LogP contribution is 2.33. The fourth-order valence-corrected chi connectivity index (χ4v) is 7.43. The molecule has 6 rings (SSSR count). The second kappa shape index (κ2) is 10.4. The molecule has 4 heterocycles. The van der Waals surface area contributed by atoms with Crippen LogP contribution in [0.1, 0.15) is 47.8 Å². The van der Waals surface area contributed by atoms with E-state index in [1.165, 1.54) is 64.7 Å². The van der Waals surface area contributed by atoms with Crippen molar-refractivity contribution in [2.45, 2.75) is 59.2 Å². The lowest BCUT2D eigenvalue weighted by atomic mass is 9.91. The van der Waals surface area contributed by atoms with Crippen LogP contribution in [0.25, 0.3) is 11.1 Å². The second-order valence-corrected chi connectivity index (χ2v) is 12.1. The van der Waals surface area contributed by atoms with Gasteiger partial charge >= 0.3 is 0 Å². The normalized spacial score (nSPS) is 14.9. The van der Waals surface area contributed by atoms with Crippen LogP contribution in [0.5, 0.6) is 0 Å². The van der Waals surface area contributed by atoms with Crippen LogP contribution < -0.4 is 16.0 Å². The molecule has 0 saturated carbocycles. The van der Waals surface area contributed by atoms with Crippen LogP contribution in [0.4, 0.5) is 5.69 Å². The lowest BCUT2D eigenvalue weighted by molar-refractivity contribution is 0.642. The molecule has 0 amide bonds. The molecular formula is C29H33N5S2. The summed E-state index contributed by atoms with van der Waals surface area (Å²) in [5.74, 6) is 0. The summed E-state index contributed by atoms with van der Waals surface area (Å²) in [5, 5.41) is 13.0. The highest BCUT2D eigenvalue weighted by Gasteiger charge is 2.17. The Hall–Kier alpha value is -2.58. The third-order valence-corrected chi connectivity index (χ3v) is 9.66. The Morgan fingerprint density at radius 1 is 0.778 bits per heavy atom. The Morgan fingerprint density at radius 3 is 2.14 bits per heavy atom. The monoisotopic (exact) mass is 515 g/mol. The number of thiazole rings is 2. The molecule has 4 aromatic rings. The Balaban J connectivity index is 1.18. The molecule has 3 N–H and O–H groups in total. The number of rotatable bonds is 7. The molecule has 5 nitrogen and oxygen atoms in total. The first-order valence-electron chi connectivity index (χ1n) is 12.9. The number of hydrogen-bond donors (Lipinski definition) is 3. The lowest BCUT2D eigenvalue weighted by Crippen LogP contribution is -2.22. The van der Waals surface area contributed by atoms with Gasteiger partial charge in [-0.25, -0.2) is 9.97 Å². The third kappa shape index (κ3) is 4.85. The van der Waals surface area contributed by atoms with E-state index in [9.17, 15) is 0 Å². The smallest absolute Gasteiger partial charge is 0.112 e. The predicted molar refractivity (Wildman–Crippen MR) is 151 cm³/mol. The number of aromatic nitrogens is 2. The molecule has 2 aliphatic rings. The van der Waals surface area contributed by atoms with Gasteiger partial charge in [0.1, 0.15) is 5.01 Å². The average molecular weight is 516 g/mol. The maximum Gasteiger partial charge on any atom is 0.112 e. The number of aryl methyl sites for hydroxylation is 2. The SMILES string of the molecule is Cc1c(CCc2nc3c(s2)CNCC3)cccc1-c1cccc(NCc2nc3c(s2)CNCC3)c1C. The first-order chi connectivity index (χ1) is 17.7. The minimum atomic E-state index is 0.772. The van der Waals surface area contributed by atoms with Gasteiger partial charge in [0.05, 0.1) is 22.9 Å². The molecule has 186 valence electrons. The zero-order chi connectivity index (χ0) is 24.5. The summed E-state index contributed by atoms with van der Waals surface area (Å²) in [5.41, 5.74) is 10.5. The molecule has 0 spiro atoms. The van der Waals surface area contributed by atoms with E-state index >= 15 is 0 Å². The minimum Gasteiger partial charge on any atom is -0.378 e. The molecule has 0 saturated heterocycles. The number of hydrogen-bond acceptors (Lipinski definition) is 7. The van der Waals surface area contributed by atoms with Crippen LogP contribution >= 0.6 is 22.7 Å². The molecule has 2 aliphatic heterocycles. The van der Waals surface area contributed by atoms with Gasteiger partial charge < -0.3 is 16.0 Å². The van der Waals surface area contributed by atoms with Gasteiger partial charge in [0, 0.05) is 60.9 Å². The highest BCUT2D eigenvalue weighted by atomic mass is 32.1. The molecule has 0 bridgehead atoms. The summed E-state index contributed by atoms with van der Waals surface area (Å²) < 4.78 is 0. The summed E-state index contributed by atoms with van der Waals surface area (Å²) in [6.07, 6.45) is 4.14. The number of benzene rings is 2. The molecule has 0 atom stereocenters. The van der Waals surface area contributed by atoms with Crippen molar-refractivity contribution < 1.29 is 0 Å². The summed E-state index contributed by atoms with van der Waals surface area (Å²) in [4.78, 5) is 12.6. The molecule has 7 heteroatoms. The summed E-state index contributed by atoms with van der Waals surface area (Å²) in [7, 11) is 0. The lowest BCUT2D eigenvalue weighted by Gasteiger charge is -2.16. The van der Waals surface area contributed by atoms with Crippen molar-refractivity contribution in [3.63, 3.8) is 0 Å². The van der Waals surface area contributed by atoms with Crippen molar-refractivity contribution in [2.24, 2.45) is 0 Å². The van der Waals surface area contributed by atoms with E-state index in [2.05, 4.69) is 66.2 Å². The topological polar surface area (TPSA) is 61.9 Å². The van der Waals surface area contributed by atoms with Crippen molar-refractivity contribution in [1.29, 1.82) is 0 Å². The van der Waals surface area contributed by atoms with Gasteiger partial charge in [0.15, 0.2) is 0 Å². The number of nitrogens with one attached hydrogen (secondary N) is 3. The largest absolute Gasteiger partial charge is 0.378 e. The van der Waals surface area contributed by atoms with Gasteiger partial charge in [0.25, 0.3) is 0 Å². The van der Waals surface area contributed by atoms with Gasteiger partial charge in [-0.2, -0.15) is 0 Å². The van der Waals surface area contributed by atoms with Crippen LogP contribution in [-0.2, 0) is 45.3 Å². The van der Waals surface area contributed by atoms with Crippen molar-refractivity contribution in [3.05, 3.63) is 84.2 Å². The highest BCUT2D eigenvalue weighted by molar-refractivity contribution is 7.12. The van der Waals surface area contributed by atoms with Gasteiger partial charge in [-0.15, -0.1) is 22.7 Å².